The SMILES string of the molecule is O=C(Nc1cccc(-n2ccnc2)c1)c1ccc2c(c1)OCCCO2. The van der Waals surface area contributed by atoms with Crippen molar-refractivity contribution >= 4 is 11.6 Å². The molecule has 1 aromatic heterocycles. The number of carbonyl (C=O) groups is 1. The molecule has 0 bridgehead atoms. The Labute approximate surface area is 145 Å². The van der Waals surface area contributed by atoms with Gasteiger partial charge in [0, 0.05) is 35.8 Å². The molecule has 0 radical (unpaired) electrons. The van der Waals surface area contributed by atoms with E-state index >= 15 is 0 Å². The molecule has 0 atom stereocenters. The third-order valence-corrected chi connectivity index (χ3v) is 3.92. The topological polar surface area (TPSA) is 65.4 Å². The van der Waals surface area contributed by atoms with Crippen molar-refractivity contribution in [3.63, 3.8) is 0 Å². The van der Waals surface area contributed by atoms with Gasteiger partial charge in [0.05, 0.1) is 19.5 Å². The van der Waals surface area contributed by atoms with E-state index < -0.39 is 0 Å². The first-order chi connectivity index (χ1) is 12.3. The normalized spacial score (nSPS) is 13.1. The number of hydrogen-bond donors (Lipinski definition) is 1. The van der Waals surface area contributed by atoms with Gasteiger partial charge in [-0.1, -0.05) is 6.07 Å². The zero-order valence-electron chi connectivity index (χ0n) is 13.5. The number of nitrogens with one attached hydrogen (secondary N) is 1. The van der Waals surface area contributed by atoms with E-state index in [1.165, 1.54) is 0 Å². The lowest BCUT2D eigenvalue weighted by atomic mass is 10.1. The van der Waals surface area contributed by atoms with Gasteiger partial charge in [0.15, 0.2) is 11.5 Å². The first kappa shape index (κ1) is 15.3. The number of nitrogens with zero attached hydrogens (tertiary/aromatic N) is 2. The highest BCUT2D eigenvalue weighted by molar-refractivity contribution is 6.04. The molecule has 2 heterocycles. The predicted octanol–water partition coefficient (Wildman–Crippen LogP) is 3.29. The molecule has 1 aliphatic heterocycles. The Bertz CT molecular complexity index is 891. The summed E-state index contributed by atoms with van der Waals surface area (Å²) in [6, 6.07) is 12.8. The summed E-state index contributed by atoms with van der Waals surface area (Å²) in [4.78, 5) is 16.6. The summed E-state index contributed by atoms with van der Waals surface area (Å²) in [5.41, 5.74) is 2.16. The maximum atomic E-state index is 12.6. The van der Waals surface area contributed by atoms with Crippen LogP contribution < -0.4 is 14.8 Å². The summed E-state index contributed by atoms with van der Waals surface area (Å²) < 4.78 is 13.1. The number of anilines is 1. The molecule has 0 unspecified atom stereocenters. The molecule has 25 heavy (non-hydrogen) atoms. The number of fused-ring (bicyclic) bond motifs is 1. The van der Waals surface area contributed by atoms with Crippen LogP contribution in [0.3, 0.4) is 0 Å². The number of hydrogen-bond acceptors (Lipinski definition) is 4. The number of amides is 1. The zero-order valence-corrected chi connectivity index (χ0v) is 13.5. The fourth-order valence-corrected chi connectivity index (χ4v) is 2.66. The molecule has 1 aliphatic rings. The lowest BCUT2D eigenvalue weighted by Gasteiger charge is -2.11. The van der Waals surface area contributed by atoms with Crippen molar-refractivity contribution in [2.45, 2.75) is 6.42 Å². The van der Waals surface area contributed by atoms with Crippen LogP contribution in [-0.2, 0) is 0 Å². The van der Waals surface area contributed by atoms with Crippen LogP contribution in [0.15, 0.2) is 61.2 Å². The maximum Gasteiger partial charge on any atom is 0.255 e. The van der Waals surface area contributed by atoms with Crippen molar-refractivity contribution in [1.29, 1.82) is 0 Å². The summed E-state index contributed by atoms with van der Waals surface area (Å²) in [6.45, 7) is 1.21. The molecular weight excluding hydrogens is 318 g/mol. The predicted molar refractivity (Wildman–Crippen MR) is 93.6 cm³/mol. The average Bonchev–Trinajstić information content (AvgIpc) is 3.07. The number of aromatic nitrogens is 2. The van der Waals surface area contributed by atoms with Crippen molar-refractivity contribution in [3.8, 4) is 17.2 Å². The van der Waals surface area contributed by atoms with E-state index in [1.807, 2.05) is 35.0 Å². The molecule has 4 rings (SSSR count). The Morgan fingerprint density at radius 2 is 1.96 bits per heavy atom. The molecule has 126 valence electrons. The van der Waals surface area contributed by atoms with Crippen LogP contribution in [0.4, 0.5) is 5.69 Å². The minimum absolute atomic E-state index is 0.196. The second kappa shape index (κ2) is 6.68. The molecular formula is C19H17N3O3. The van der Waals surface area contributed by atoms with E-state index in [1.54, 1.807) is 30.7 Å². The minimum atomic E-state index is -0.196. The van der Waals surface area contributed by atoms with Crippen LogP contribution in [0, 0.1) is 0 Å². The van der Waals surface area contributed by atoms with E-state index in [9.17, 15) is 4.79 Å². The second-order valence-electron chi connectivity index (χ2n) is 5.69. The zero-order chi connectivity index (χ0) is 17.1. The van der Waals surface area contributed by atoms with Crippen LogP contribution >= 0.6 is 0 Å². The fourth-order valence-electron chi connectivity index (χ4n) is 2.66. The van der Waals surface area contributed by atoms with Crippen molar-refractivity contribution in [2.75, 3.05) is 18.5 Å². The molecule has 6 heteroatoms. The van der Waals surface area contributed by atoms with Gasteiger partial charge in [-0.15, -0.1) is 0 Å². The maximum absolute atomic E-state index is 12.6. The Balaban J connectivity index is 1.54. The molecule has 3 aromatic rings. The standard InChI is InChI=1S/C19H17N3O3/c23-19(14-5-6-17-18(11-14)25-10-2-9-24-17)21-15-3-1-4-16(12-15)22-8-7-20-13-22/h1,3-8,11-13H,2,9-10H2,(H,21,23). The molecule has 0 saturated heterocycles. The van der Waals surface area contributed by atoms with Crippen LogP contribution in [-0.4, -0.2) is 28.7 Å². The van der Waals surface area contributed by atoms with Gasteiger partial charge in [-0.05, 0) is 36.4 Å². The number of carbonyl (C=O) groups excluding carboxylic acids is 1. The van der Waals surface area contributed by atoms with E-state index in [2.05, 4.69) is 10.3 Å². The van der Waals surface area contributed by atoms with Gasteiger partial charge >= 0.3 is 0 Å². The monoisotopic (exact) mass is 335 g/mol. The third kappa shape index (κ3) is 3.33. The van der Waals surface area contributed by atoms with E-state index in [0.717, 1.165) is 12.1 Å². The van der Waals surface area contributed by atoms with E-state index in [0.29, 0.717) is 36.0 Å². The number of rotatable bonds is 3. The van der Waals surface area contributed by atoms with Crippen LogP contribution in [0.25, 0.3) is 5.69 Å². The number of ether oxygens (including phenoxy) is 2. The second-order valence-corrected chi connectivity index (χ2v) is 5.69. The van der Waals surface area contributed by atoms with Gasteiger partial charge in [0.1, 0.15) is 0 Å². The summed E-state index contributed by atoms with van der Waals surface area (Å²) >= 11 is 0. The third-order valence-electron chi connectivity index (χ3n) is 3.92. The Morgan fingerprint density at radius 3 is 2.80 bits per heavy atom. The lowest BCUT2D eigenvalue weighted by molar-refractivity contribution is 0.102. The summed E-state index contributed by atoms with van der Waals surface area (Å²) in [5.74, 6) is 1.09. The van der Waals surface area contributed by atoms with Crippen LogP contribution in [0.2, 0.25) is 0 Å². The molecule has 6 nitrogen and oxygen atoms in total. The first-order valence-corrected chi connectivity index (χ1v) is 8.09. The fraction of sp³-hybridized carbons (Fsp3) is 0.158. The smallest absolute Gasteiger partial charge is 0.255 e. The molecule has 1 N–H and O–H groups in total. The summed E-state index contributed by atoms with van der Waals surface area (Å²) in [5, 5.41) is 2.91. The Kier molecular flexibility index (Phi) is 4.08. The number of benzene rings is 2. The molecule has 2 aromatic carbocycles. The van der Waals surface area contributed by atoms with Crippen molar-refractivity contribution in [2.24, 2.45) is 0 Å². The van der Waals surface area contributed by atoms with Crippen LogP contribution in [0.1, 0.15) is 16.8 Å². The van der Waals surface area contributed by atoms with Gasteiger partial charge < -0.3 is 19.4 Å². The average molecular weight is 335 g/mol. The largest absolute Gasteiger partial charge is 0.490 e. The van der Waals surface area contributed by atoms with Gasteiger partial charge in [-0.2, -0.15) is 0 Å². The highest BCUT2D eigenvalue weighted by Gasteiger charge is 2.14. The Hall–Kier alpha value is -3.28. The van der Waals surface area contributed by atoms with Crippen LogP contribution in [0.5, 0.6) is 11.5 Å². The minimum Gasteiger partial charge on any atom is -0.490 e. The highest BCUT2D eigenvalue weighted by atomic mass is 16.5. The summed E-state index contributed by atoms with van der Waals surface area (Å²) in [6.07, 6.45) is 6.11. The molecule has 0 saturated carbocycles. The molecule has 0 fully saturated rings. The van der Waals surface area contributed by atoms with Crippen molar-refractivity contribution in [3.05, 3.63) is 66.7 Å². The van der Waals surface area contributed by atoms with E-state index in [4.69, 9.17) is 9.47 Å². The highest BCUT2D eigenvalue weighted by Crippen LogP contribution is 2.30. The summed E-state index contributed by atoms with van der Waals surface area (Å²) in [7, 11) is 0. The molecule has 0 spiro atoms. The number of imidazole rings is 1. The van der Waals surface area contributed by atoms with Gasteiger partial charge in [-0.3, -0.25) is 4.79 Å². The van der Waals surface area contributed by atoms with E-state index in [-0.39, 0.29) is 5.91 Å². The quantitative estimate of drug-likeness (QED) is 0.798. The van der Waals surface area contributed by atoms with Gasteiger partial charge in [0.2, 0.25) is 0 Å². The molecule has 1 amide bonds. The van der Waals surface area contributed by atoms with Crippen molar-refractivity contribution < 1.29 is 14.3 Å². The van der Waals surface area contributed by atoms with Gasteiger partial charge in [-0.25, -0.2) is 4.98 Å². The van der Waals surface area contributed by atoms with Crippen molar-refractivity contribution in [1.82, 2.24) is 9.55 Å². The Morgan fingerprint density at radius 1 is 1.08 bits per heavy atom. The first-order valence-electron chi connectivity index (χ1n) is 8.09. The van der Waals surface area contributed by atoms with Gasteiger partial charge in [0.25, 0.3) is 5.91 Å². The molecule has 0 aliphatic carbocycles. The lowest BCUT2D eigenvalue weighted by Crippen LogP contribution is -2.12.